The van der Waals surface area contributed by atoms with Gasteiger partial charge in [-0.3, -0.25) is 9.59 Å². The lowest BCUT2D eigenvalue weighted by Crippen LogP contribution is -2.49. The number of aliphatic hydroxyl groups excluding tert-OH is 1. The normalized spacial score (nSPS) is 16.2. The fourth-order valence-corrected chi connectivity index (χ4v) is 3.02. The number of hydrogen-bond acceptors (Lipinski definition) is 3. The SMILES string of the molecule is CC(C)CC(=O)Nc1ccc(C(=O)NC2(CO)CCCC2)cc1F. The number of nitrogens with one attached hydrogen (secondary N) is 2. The van der Waals surface area contributed by atoms with E-state index >= 15 is 0 Å². The lowest BCUT2D eigenvalue weighted by Gasteiger charge is -2.28. The number of rotatable bonds is 6. The highest BCUT2D eigenvalue weighted by atomic mass is 19.1. The van der Waals surface area contributed by atoms with Crippen LogP contribution in [0.4, 0.5) is 10.1 Å². The minimum atomic E-state index is -0.649. The molecule has 5 nitrogen and oxygen atoms in total. The fraction of sp³-hybridized carbons (Fsp3) is 0.556. The molecule has 0 bridgehead atoms. The van der Waals surface area contributed by atoms with Crippen LogP contribution in [0.3, 0.4) is 0 Å². The van der Waals surface area contributed by atoms with Crippen molar-refractivity contribution in [3.05, 3.63) is 29.6 Å². The smallest absolute Gasteiger partial charge is 0.251 e. The van der Waals surface area contributed by atoms with E-state index in [-0.39, 0.29) is 29.7 Å². The number of aliphatic hydroxyl groups is 1. The topological polar surface area (TPSA) is 78.4 Å². The van der Waals surface area contributed by atoms with Crippen molar-refractivity contribution in [3.63, 3.8) is 0 Å². The van der Waals surface area contributed by atoms with Gasteiger partial charge in [0.25, 0.3) is 5.91 Å². The molecule has 0 aliphatic heterocycles. The van der Waals surface area contributed by atoms with Crippen LogP contribution >= 0.6 is 0 Å². The summed E-state index contributed by atoms with van der Waals surface area (Å²) in [4.78, 5) is 24.0. The van der Waals surface area contributed by atoms with Gasteiger partial charge in [0.15, 0.2) is 0 Å². The first-order valence-electron chi connectivity index (χ1n) is 8.38. The Bertz CT molecular complexity index is 610. The van der Waals surface area contributed by atoms with E-state index in [1.54, 1.807) is 0 Å². The van der Waals surface area contributed by atoms with Gasteiger partial charge in [0, 0.05) is 12.0 Å². The van der Waals surface area contributed by atoms with E-state index in [1.165, 1.54) is 12.1 Å². The average molecular weight is 336 g/mol. The molecule has 0 radical (unpaired) electrons. The number of anilines is 1. The van der Waals surface area contributed by atoms with Crippen LogP contribution < -0.4 is 10.6 Å². The second kappa shape index (κ2) is 7.75. The second-order valence-electron chi connectivity index (χ2n) is 6.94. The zero-order chi connectivity index (χ0) is 17.7. The minimum absolute atomic E-state index is 0.0648. The predicted molar refractivity (Wildman–Crippen MR) is 90.2 cm³/mol. The molecule has 0 aromatic heterocycles. The molecule has 2 amide bonds. The van der Waals surface area contributed by atoms with Crippen molar-refractivity contribution >= 4 is 17.5 Å². The van der Waals surface area contributed by atoms with Gasteiger partial charge in [0.2, 0.25) is 5.91 Å². The molecule has 6 heteroatoms. The van der Waals surface area contributed by atoms with Crippen LogP contribution in [0.5, 0.6) is 0 Å². The summed E-state index contributed by atoms with van der Waals surface area (Å²) in [7, 11) is 0. The molecule has 0 atom stereocenters. The van der Waals surface area contributed by atoms with Gasteiger partial charge in [-0.15, -0.1) is 0 Å². The maximum atomic E-state index is 14.2. The molecule has 1 aromatic carbocycles. The first-order valence-corrected chi connectivity index (χ1v) is 8.38. The molecular weight excluding hydrogens is 311 g/mol. The van der Waals surface area contributed by atoms with Gasteiger partial charge in [0.1, 0.15) is 5.82 Å². The summed E-state index contributed by atoms with van der Waals surface area (Å²) in [6, 6.07) is 3.98. The lowest BCUT2D eigenvalue weighted by molar-refractivity contribution is -0.116. The Labute approximate surface area is 141 Å². The Hall–Kier alpha value is -1.95. The van der Waals surface area contributed by atoms with Gasteiger partial charge in [-0.1, -0.05) is 26.7 Å². The number of benzene rings is 1. The van der Waals surface area contributed by atoms with Crippen molar-refractivity contribution < 1.29 is 19.1 Å². The van der Waals surface area contributed by atoms with E-state index in [0.717, 1.165) is 31.7 Å². The minimum Gasteiger partial charge on any atom is -0.394 e. The molecule has 1 aromatic rings. The van der Waals surface area contributed by atoms with E-state index in [2.05, 4.69) is 10.6 Å². The van der Waals surface area contributed by atoms with E-state index in [1.807, 2.05) is 13.8 Å². The van der Waals surface area contributed by atoms with Crippen LogP contribution in [-0.4, -0.2) is 29.1 Å². The Morgan fingerprint density at radius 3 is 2.50 bits per heavy atom. The number of amides is 2. The molecule has 1 aliphatic carbocycles. The highest BCUT2D eigenvalue weighted by Crippen LogP contribution is 2.29. The zero-order valence-corrected chi connectivity index (χ0v) is 14.2. The van der Waals surface area contributed by atoms with Gasteiger partial charge in [-0.2, -0.15) is 0 Å². The van der Waals surface area contributed by atoms with Crippen molar-refractivity contribution in [2.45, 2.75) is 51.5 Å². The first-order chi connectivity index (χ1) is 11.3. The molecule has 2 rings (SSSR count). The summed E-state index contributed by atoms with van der Waals surface area (Å²) < 4.78 is 14.2. The van der Waals surface area contributed by atoms with Crippen molar-refractivity contribution in [1.82, 2.24) is 5.32 Å². The van der Waals surface area contributed by atoms with Crippen LogP contribution in [0, 0.1) is 11.7 Å². The van der Waals surface area contributed by atoms with Gasteiger partial charge in [0.05, 0.1) is 17.8 Å². The molecule has 0 saturated heterocycles. The van der Waals surface area contributed by atoms with E-state index in [4.69, 9.17) is 0 Å². The molecule has 24 heavy (non-hydrogen) atoms. The third-order valence-electron chi connectivity index (χ3n) is 4.34. The van der Waals surface area contributed by atoms with Crippen LogP contribution in [0.25, 0.3) is 0 Å². The van der Waals surface area contributed by atoms with Gasteiger partial charge in [-0.05, 0) is 37.0 Å². The summed E-state index contributed by atoms with van der Waals surface area (Å²) >= 11 is 0. The summed E-state index contributed by atoms with van der Waals surface area (Å²) in [5.74, 6) is -1.14. The summed E-state index contributed by atoms with van der Waals surface area (Å²) in [6.07, 6.45) is 3.66. The Morgan fingerprint density at radius 1 is 1.29 bits per heavy atom. The molecule has 132 valence electrons. The number of carbonyl (C=O) groups excluding carboxylic acids is 2. The maximum absolute atomic E-state index is 14.2. The summed E-state index contributed by atoms with van der Waals surface area (Å²) in [6.45, 7) is 3.69. The van der Waals surface area contributed by atoms with Gasteiger partial charge >= 0.3 is 0 Å². The lowest BCUT2D eigenvalue weighted by atomic mass is 9.98. The maximum Gasteiger partial charge on any atom is 0.251 e. The van der Waals surface area contributed by atoms with Crippen LogP contribution in [0.15, 0.2) is 18.2 Å². The van der Waals surface area contributed by atoms with Crippen LogP contribution in [-0.2, 0) is 4.79 Å². The van der Waals surface area contributed by atoms with Crippen LogP contribution in [0.2, 0.25) is 0 Å². The van der Waals surface area contributed by atoms with Gasteiger partial charge in [-0.25, -0.2) is 4.39 Å². The Kier molecular flexibility index (Phi) is 5.94. The van der Waals surface area contributed by atoms with Crippen molar-refractivity contribution in [2.75, 3.05) is 11.9 Å². The third-order valence-corrected chi connectivity index (χ3v) is 4.34. The van der Waals surface area contributed by atoms with Crippen molar-refractivity contribution in [3.8, 4) is 0 Å². The summed E-state index contributed by atoms with van der Waals surface area (Å²) in [5, 5.41) is 14.9. The molecular formula is C18H25FN2O3. The molecule has 0 unspecified atom stereocenters. The largest absolute Gasteiger partial charge is 0.394 e. The quantitative estimate of drug-likeness (QED) is 0.747. The number of carbonyl (C=O) groups is 2. The zero-order valence-electron chi connectivity index (χ0n) is 14.2. The molecule has 0 spiro atoms. The van der Waals surface area contributed by atoms with E-state index in [9.17, 15) is 19.1 Å². The van der Waals surface area contributed by atoms with Gasteiger partial charge < -0.3 is 15.7 Å². The fourth-order valence-electron chi connectivity index (χ4n) is 3.02. The standard InChI is InChI=1S/C18H25FN2O3/c1-12(2)9-16(23)20-15-6-5-13(10-14(15)19)17(24)21-18(11-22)7-3-4-8-18/h5-6,10,12,22H,3-4,7-9,11H2,1-2H3,(H,20,23)(H,21,24). The second-order valence-corrected chi connectivity index (χ2v) is 6.94. The van der Waals surface area contributed by atoms with E-state index < -0.39 is 17.3 Å². The average Bonchev–Trinajstić information content (AvgIpc) is 2.97. The highest BCUT2D eigenvalue weighted by molar-refractivity contribution is 5.96. The number of hydrogen-bond donors (Lipinski definition) is 3. The Balaban J connectivity index is 2.05. The first kappa shape index (κ1) is 18.4. The highest BCUT2D eigenvalue weighted by Gasteiger charge is 2.34. The Morgan fingerprint density at radius 2 is 1.96 bits per heavy atom. The molecule has 1 fully saturated rings. The van der Waals surface area contributed by atoms with Crippen LogP contribution in [0.1, 0.15) is 56.3 Å². The van der Waals surface area contributed by atoms with Crippen molar-refractivity contribution in [2.24, 2.45) is 5.92 Å². The summed E-state index contributed by atoms with van der Waals surface area (Å²) in [5.41, 5.74) is -0.360. The van der Waals surface area contributed by atoms with Crippen molar-refractivity contribution in [1.29, 1.82) is 0 Å². The predicted octanol–water partition coefficient (Wildman–Crippen LogP) is 2.85. The number of halogens is 1. The van der Waals surface area contributed by atoms with E-state index in [0.29, 0.717) is 6.42 Å². The molecule has 1 saturated carbocycles. The monoisotopic (exact) mass is 336 g/mol. The molecule has 3 N–H and O–H groups in total. The third kappa shape index (κ3) is 4.54. The molecule has 1 aliphatic rings. The molecule has 0 heterocycles.